The molecule has 0 saturated carbocycles. The highest BCUT2D eigenvalue weighted by Gasteiger charge is 2.18. The molecule has 1 aliphatic heterocycles. The van der Waals surface area contributed by atoms with Gasteiger partial charge in [0.2, 0.25) is 5.82 Å². The van der Waals surface area contributed by atoms with E-state index >= 15 is 0 Å². The van der Waals surface area contributed by atoms with Crippen LogP contribution in [0.25, 0.3) is 22.8 Å². The molecule has 4 rings (SSSR count). The summed E-state index contributed by atoms with van der Waals surface area (Å²) in [6, 6.07) is 14.6. The number of nitrogens with one attached hydrogen (secondary N) is 1. The summed E-state index contributed by atoms with van der Waals surface area (Å²) in [7, 11) is 1.61. The van der Waals surface area contributed by atoms with E-state index < -0.39 is 0 Å². The molecule has 1 N–H and O–H groups in total. The number of carbonyl (C=O) groups excluding carboxylic acids is 1. The van der Waals surface area contributed by atoms with Crippen LogP contribution in [0, 0.1) is 0 Å². The molecule has 0 radical (unpaired) electrons. The lowest BCUT2D eigenvalue weighted by atomic mass is 10.2. The van der Waals surface area contributed by atoms with Crippen LogP contribution in [0.4, 0.5) is 0 Å². The molecular weight excluding hydrogens is 386 g/mol. The summed E-state index contributed by atoms with van der Waals surface area (Å²) < 4.78 is 21.8. The Morgan fingerprint density at radius 3 is 2.80 bits per heavy atom. The Kier molecular flexibility index (Phi) is 6.24. The summed E-state index contributed by atoms with van der Waals surface area (Å²) in [5.74, 6) is 1.81. The summed E-state index contributed by atoms with van der Waals surface area (Å²) in [4.78, 5) is 16.6. The molecule has 1 fully saturated rings. The predicted molar refractivity (Wildman–Crippen MR) is 109 cm³/mol. The number of methoxy groups -OCH3 is 1. The number of aromatic nitrogens is 2. The van der Waals surface area contributed by atoms with Crippen molar-refractivity contribution in [1.29, 1.82) is 0 Å². The van der Waals surface area contributed by atoms with Crippen LogP contribution >= 0.6 is 0 Å². The van der Waals surface area contributed by atoms with Crippen LogP contribution in [0.15, 0.2) is 53.1 Å². The summed E-state index contributed by atoms with van der Waals surface area (Å²) in [6.07, 6.45) is 2.10. The van der Waals surface area contributed by atoms with Crippen LogP contribution < -0.4 is 14.8 Å². The van der Waals surface area contributed by atoms with Gasteiger partial charge in [0.1, 0.15) is 11.5 Å². The minimum Gasteiger partial charge on any atom is -0.497 e. The smallest absolute Gasteiger partial charge is 0.262 e. The van der Waals surface area contributed by atoms with Gasteiger partial charge in [-0.25, -0.2) is 0 Å². The zero-order valence-corrected chi connectivity index (χ0v) is 16.7. The fraction of sp³-hybridized carbons (Fsp3) is 0.318. The van der Waals surface area contributed by atoms with Crippen LogP contribution in [-0.2, 0) is 9.53 Å². The molecule has 156 valence electrons. The number of benzene rings is 2. The lowest BCUT2D eigenvalue weighted by Gasteiger charge is -2.12. The lowest BCUT2D eigenvalue weighted by Crippen LogP contribution is -2.35. The summed E-state index contributed by atoms with van der Waals surface area (Å²) in [5.41, 5.74) is 1.43. The SMILES string of the molecule is COc1ccc(-c2noc(-c3ccccc3OCC(=O)NC[C@@H]3CCCO3)n2)cc1. The summed E-state index contributed by atoms with van der Waals surface area (Å²) in [5, 5.41) is 6.89. The van der Waals surface area contributed by atoms with Crippen molar-refractivity contribution in [2.45, 2.75) is 18.9 Å². The number of nitrogens with zero attached hydrogens (tertiary/aromatic N) is 2. The highest BCUT2D eigenvalue weighted by molar-refractivity contribution is 5.78. The minimum atomic E-state index is -0.204. The van der Waals surface area contributed by atoms with Gasteiger partial charge in [0.05, 0.1) is 18.8 Å². The Balaban J connectivity index is 1.41. The third-order valence-corrected chi connectivity index (χ3v) is 4.80. The average molecular weight is 409 g/mol. The molecule has 0 bridgehead atoms. The maximum absolute atomic E-state index is 12.1. The number of carbonyl (C=O) groups is 1. The van der Waals surface area contributed by atoms with Crippen molar-refractivity contribution in [1.82, 2.24) is 15.5 Å². The second-order valence-electron chi connectivity index (χ2n) is 6.88. The molecule has 1 aromatic heterocycles. The summed E-state index contributed by atoms with van der Waals surface area (Å²) in [6.45, 7) is 1.15. The van der Waals surface area contributed by atoms with Crippen molar-refractivity contribution in [3.8, 4) is 34.3 Å². The van der Waals surface area contributed by atoms with E-state index in [1.807, 2.05) is 42.5 Å². The van der Waals surface area contributed by atoms with Crippen LogP contribution in [0.5, 0.6) is 11.5 Å². The average Bonchev–Trinajstić information content (AvgIpc) is 3.49. The fourth-order valence-electron chi connectivity index (χ4n) is 3.19. The molecule has 1 atom stereocenters. The maximum atomic E-state index is 12.1. The van der Waals surface area contributed by atoms with Gasteiger partial charge in [0.15, 0.2) is 6.61 Å². The monoisotopic (exact) mass is 409 g/mol. The molecule has 2 heterocycles. The van der Waals surface area contributed by atoms with E-state index in [1.54, 1.807) is 13.2 Å². The van der Waals surface area contributed by atoms with Crippen molar-refractivity contribution in [2.75, 3.05) is 26.9 Å². The van der Waals surface area contributed by atoms with E-state index in [4.69, 9.17) is 18.7 Å². The Morgan fingerprint density at radius 1 is 1.20 bits per heavy atom. The third kappa shape index (κ3) is 4.77. The number of hydrogen-bond acceptors (Lipinski definition) is 7. The summed E-state index contributed by atoms with van der Waals surface area (Å²) >= 11 is 0. The highest BCUT2D eigenvalue weighted by atomic mass is 16.5. The fourth-order valence-corrected chi connectivity index (χ4v) is 3.19. The standard InChI is InChI=1S/C22H23N3O5/c1-27-16-10-8-15(9-11-16)21-24-22(30-25-21)18-6-2-3-7-19(18)29-14-20(26)23-13-17-5-4-12-28-17/h2-3,6-11,17H,4-5,12-14H2,1H3,(H,23,26)/t17-/m0/s1. The molecule has 8 nitrogen and oxygen atoms in total. The topological polar surface area (TPSA) is 95.7 Å². The Hall–Kier alpha value is -3.39. The van der Waals surface area contributed by atoms with E-state index in [1.165, 1.54) is 0 Å². The van der Waals surface area contributed by atoms with Crippen molar-refractivity contribution in [3.05, 3.63) is 48.5 Å². The first kappa shape index (κ1) is 19.9. The second kappa shape index (κ2) is 9.41. The van der Waals surface area contributed by atoms with E-state index in [0.717, 1.165) is 30.8 Å². The molecule has 0 unspecified atom stereocenters. The van der Waals surface area contributed by atoms with E-state index in [9.17, 15) is 4.79 Å². The second-order valence-corrected chi connectivity index (χ2v) is 6.88. The van der Waals surface area contributed by atoms with Gasteiger partial charge in [-0.15, -0.1) is 0 Å². The van der Waals surface area contributed by atoms with Gasteiger partial charge < -0.3 is 24.1 Å². The van der Waals surface area contributed by atoms with E-state index in [-0.39, 0.29) is 18.6 Å². The van der Waals surface area contributed by atoms with Crippen molar-refractivity contribution in [2.24, 2.45) is 0 Å². The molecule has 30 heavy (non-hydrogen) atoms. The quantitative estimate of drug-likeness (QED) is 0.611. The van der Waals surface area contributed by atoms with Gasteiger partial charge in [-0.3, -0.25) is 4.79 Å². The number of ether oxygens (including phenoxy) is 3. The van der Waals surface area contributed by atoms with Crippen LogP contribution in [0.3, 0.4) is 0 Å². The molecule has 0 aliphatic carbocycles. The third-order valence-electron chi connectivity index (χ3n) is 4.80. The minimum absolute atomic E-state index is 0.0935. The van der Waals surface area contributed by atoms with Gasteiger partial charge in [-0.05, 0) is 49.2 Å². The zero-order chi connectivity index (χ0) is 20.8. The van der Waals surface area contributed by atoms with Gasteiger partial charge in [0, 0.05) is 18.7 Å². The first-order valence-corrected chi connectivity index (χ1v) is 9.81. The number of hydrogen-bond donors (Lipinski definition) is 1. The maximum Gasteiger partial charge on any atom is 0.262 e. The normalized spacial score (nSPS) is 15.7. The Morgan fingerprint density at radius 2 is 2.03 bits per heavy atom. The number of rotatable bonds is 8. The molecule has 3 aromatic rings. The van der Waals surface area contributed by atoms with Gasteiger partial charge >= 0.3 is 0 Å². The molecule has 1 aliphatic rings. The van der Waals surface area contributed by atoms with Crippen molar-refractivity contribution in [3.63, 3.8) is 0 Å². The molecule has 1 saturated heterocycles. The Bertz CT molecular complexity index is 980. The van der Waals surface area contributed by atoms with Crippen molar-refractivity contribution >= 4 is 5.91 Å². The van der Waals surface area contributed by atoms with Gasteiger partial charge in [0.25, 0.3) is 11.8 Å². The molecule has 8 heteroatoms. The first-order valence-electron chi connectivity index (χ1n) is 9.81. The Labute approximate surface area is 174 Å². The van der Waals surface area contributed by atoms with Gasteiger partial charge in [-0.1, -0.05) is 17.3 Å². The first-order chi connectivity index (χ1) is 14.7. The molecule has 1 amide bonds. The molecule has 0 spiro atoms. The van der Waals surface area contributed by atoms with E-state index in [0.29, 0.717) is 29.6 Å². The molecular formula is C22H23N3O5. The molecule has 2 aromatic carbocycles. The largest absolute Gasteiger partial charge is 0.497 e. The van der Waals surface area contributed by atoms with E-state index in [2.05, 4.69) is 15.5 Å². The van der Waals surface area contributed by atoms with Crippen LogP contribution in [0.2, 0.25) is 0 Å². The van der Waals surface area contributed by atoms with Crippen molar-refractivity contribution < 1.29 is 23.5 Å². The predicted octanol–water partition coefficient (Wildman–Crippen LogP) is 3.09. The van der Waals surface area contributed by atoms with Crippen LogP contribution in [0.1, 0.15) is 12.8 Å². The number of para-hydroxylation sites is 1. The number of amides is 1. The van der Waals surface area contributed by atoms with Crippen LogP contribution in [-0.4, -0.2) is 49.0 Å². The highest BCUT2D eigenvalue weighted by Crippen LogP contribution is 2.30. The van der Waals surface area contributed by atoms with Gasteiger partial charge in [-0.2, -0.15) is 4.98 Å². The zero-order valence-electron chi connectivity index (χ0n) is 16.7. The lowest BCUT2D eigenvalue weighted by molar-refractivity contribution is -0.123.